The Labute approximate surface area is 129 Å². The van der Waals surface area contributed by atoms with Crippen molar-refractivity contribution in [2.75, 3.05) is 5.32 Å². The van der Waals surface area contributed by atoms with Gasteiger partial charge in [0.2, 0.25) is 0 Å². The molecule has 0 atom stereocenters. The second-order valence-corrected chi connectivity index (χ2v) is 5.04. The third-order valence-electron chi connectivity index (χ3n) is 2.59. The molecule has 0 saturated carbocycles. The van der Waals surface area contributed by atoms with Crippen LogP contribution in [0.4, 0.5) is 18.9 Å². The molecule has 6 nitrogen and oxygen atoms in total. The number of Topliss-reactive ketones (excluding diaryl/α,β-unsaturated/α-hetero) is 1. The van der Waals surface area contributed by atoms with E-state index in [1.807, 2.05) is 5.32 Å². The van der Waals surface area contributed by atoms with E-state index in [4.69, 9.17) is 0 Å². The number of hydrogen-bond donors (Lipinski definition) is 1. The first-order valence-corrected chi connectivity index (χ1v) is 6.43. The molecule has 1 amide bonds. The molecule has 1 aromatic carbocycles. The molecule has 1 aliphatic rings. The van der Waals surface area contributed by atoms with Crippen molar-refractivity contribution in [2.45, 2.75) is 13.1 Å². The van der Waals surface area contributed by atoms with Crippen molar-refractivity contribution in [1.82, 2.24) is 0 Å². The summed E-state index contributed by atoms with van der Waals surface area (Å²) in [6.45, 7) is 1.01. The highest BCUT2D eigenvalue weighted by molar-refractivity contribution is 9.10. The van der Waals surface area contributed by atoms with Gasteiger partial charge in [0.15, 0.2) is 5.71 Å². The highest BCUT2D eigenvalue weighted by Crippen LogP contribution is 2.37. The third-order valence-corrected chi connectivity index (χ3v) is 3.21. The van der Waals surface area contributed by atoms with E-state index < -0.39 is 35.1 Å². The zero-order valence-corrected chi connectivity index (χ0v) is 12.3. The summed E-state index contributed by atoms with van der Waals surface area (Å²) < 4.78 is 38.2. The van der Waals surface area contributed by atoms with Gasteiger partial charge in [0.25, 0.3) is 11.7 Å². The van der Waals surface area contributed by atoms with Gasteiger partial charge in [-0.1, -0.05) is 5.16 Å². The second-order valence-electron chi connectivity index (χ2n) is 4.18. The predicted octanol–water partition coefficient (Wildman–Crippen LogP) is 2.26. The summed E-state index contributed by atoms with van der Waals surface area (Å²) in [6, 6.07) is 1.39. The maximum Gasteiger partial charge on any atom is 0.416 e. The standard InChI is InChI=1S/C12H6BrF3N2O4/c1-4(19)22-18-9-8-6(13)2-5(12(14,15)16)3-7(8)17-11(21)10(9)20/h2-3H,1H3,(H,17,21). The maximum absolute atomic E-state index is 12.8. The summed E-state index contributed by atoms with van der Waals surface area (Å²) in [5, 5.41) is 5.29. The minimum atomic E-state index is -4.64. The molecule has 1 aromatic rings. The molecule has 0 saturated heterocycles. The van der Waals surface area contributed by atoms with Crippen LogP contribution in [0, 0.1) is 0 Å². The molecule has 0 bridgehead atoms. The van der Waals surface area contributed by atoms with Crippen LogP contribution in [0.25, 0.3) is 0 Å². The highest BCUT2D eigenvalue weighted by atomic mass is 79.9. The van der Waals surface area contributed by atoms with E-state index in [0.717, 1.165) is 13.0 Å². The number of halogens is 4. The topological polar surface area (TPSA) is 84.8 Å². The van der Waals surface area contributed by atoms with Gasteiger partial charge in [-0.25, -0.2) is 4.79 Å². The summed E-state index contributed by atoms with van der Waals surface area (Å²) in [4.78, 5) is 38.3. The summed E-state index contributed by atoms with van der Waals surface area (Å²) in [5.74, 6) is -3.16. The van der Waals surface area contributed by atoms with E-state index in [-0.39, 0.29) is 15.7 Å². The lowest BCUT2D eigenvalue weighted by Gasteiger charge is -2.20. The summed E-state index contributed by atoms with van der Waals surface area (Å²) in [7, 11) is 0. The number of anilines is 1. The summed E-state index contributed by atoms with van der Waals surface area (Å²) in [6.07, 6.45) is -4.64. The minimum absolute atomic E-state index is 0.0983. The molecule has 1 N–H and O–H groups in total. The SMILES string of the molecule is CC(=O)ON=C1C(=O)C(=O)Nc2cc(C(F)(F)F)cc(Br)c21. The van der Waals surface area contributed by atoms with Gasteiger partial charge in [-0.3, -0.25) is 9.59 Å². The number of amides is 1. The molecular formula is C12H6BrF3N2O4. The van der Waals surface area contributed by atoms with Gasteiger partial charge in [0.05, 0.1) is 11.3 Å². The van der Waals surface area contributed by atoms with Gasteiger partial charge in [0, 0.05) is 17.0 Å². The fourth-order valence-corrected chi connectivity index (χ4v) is 2.35. The zero-order chi connectivity index (χ0) is 16.7. The number of alkyl halides is 3. The van der Waals surface area contributed by atoms with Gasteiger partial charge in [-0.05, 0) is 28.1 Å². The van der Waals surface area contributed by atoms with Crippen LogP contribution >= 0.6 is 15.9 Å². The lowest BCUT2D eigenvalue weighted by Crippen LogP contribution is -2.37. The van der Waals surface area contributed by atoms with Crippen molar-refractivity contribution in [2.24, 2.45) is 5.16 Å². The number of fused-ring (bicyclic) bond motifs is 1. The Morgan fingerprint density at radius 2 is 1.95 bits per heavy atom. The van der Waals surface area contributed by atoms with Crippen molar-refractivity contribution in [3.05, 3.63) is 27.7 Å². The molecule has 1 aliphatic heterocycles. The molecule has 0 spiro atoms. The molecule has 0 aromatic heterocycles. The Kier molecular flexibility index (Phi) is 4.05. The molecule has 10 heteroatoms. The Hall–Kier alpha value is -2.23. The Balaban J connectivity index is 2.65. The van der Waals surface area contributed by atoms with E-state index in [0.29, 0.717) is 6.07 Å². The van der Waals surface area contributed by atoms with E-state index in [1.54, 1.807) is 0 Å². The molecule has 0 unspecified atom stereocenters. The second kappa shape index (κ2) is 5.52. The number of hydrogen-bond acceptors (Lipinski definition) is 5. The molecule has 22 heavy (non-hydrogen) atoms. The van der Waals surface area contributed by atoms with Gasteiger partial charge >= 0.3 is 12.1 Å². The molecule has 2 rings (SSSR count). The first-order chi connectivity index (χ1) is 10.1. The molecule has 1 heterocycles. The number of ketones is 1. The van der Waals surface area contributed by atoms with E-state index in [9.17, 15) is 27.6 Å². The number of oxime groups is 1. The first-order valence-electron chi connectivity index (χ1n) is 5.63. The largest absolute Gasteiger partial charge is 0.416 e. The summed E-state index contributed by atoms with van der Waals surface area (Å²) in [5.41, 5.74) is -1.95. The van der Waals surface area contributed by atoms with Crippen LogP contribution in [0.3, 0.4) is 0 Å². The Morgan fingerprint density at radius 3 is 2.50 bits per heavy atom. The zero-order valence-electron chi connectivity index (χ0n) is 10.7. The van der Waals surface area contributed by atoms with Crippen LogP contribution in [0.5, 0.6) is 0 Å². The molecule has 0 radical (unpaired) electrons. The third kappa shape index (κ3) is 3.01. The quantitative estimate of drug-likeness (QED) is 0.461. The lowest BCUT2D eigenvalue weighted by atomic mass is 9.97. The van der Waals surface area contributed by atoms with Crippen LogP contribution in [0.15, 0.2) is 21.8 Å². The van der Waals surface area contributed by atoms with Crippen LogP contribution in [0.2, 0.25) is 0 Å². The first kappa shape index (κ1) is 16.1. The van der Waals surface area contributed by atoms with Crippen molar-refractivity contribution in [3.63, 3.8) is 0 Å². The fourth-order valence-electron chi connectivity index (χ4n) is 1.71. The van der Waals surface area contributed by atoms with Crippen LogP contribution in [0.1, 0.15) is 18.1 Å². The highest BCUT2D eigenvalue weighted by Gasteiger charge is 2.37. The van der Waals surface area contributed by atoms with E-state index >= 15 is 0 Å². The van der Waals surface area contributed by atoms with Crippen LogP contribution in [-0.4, -0.2) is 23.4 Å². The van der Waals surface area contributed by atoms with Crippen LogP contribution < -0.4 is 5.32 Å². The molecule has 0 aliphatic carbocycles. The van der Waals surface area contributed by atoms with Gasteiger partial charge in [-0.15, -0.1) is 0 Å². The van der Waals surface area contributed by atoms with Crippen molar-refractivity contribution in [3.8, 4) is 0 Å². The molecule has 0 fully saturated rings. The predicted molar refractivity (Wildman–Crippen MR) is 71.1 cm³/mol. The van der Waals surface area contributed by atoms with Gasteiger partial charge in [-0.2, -0.15) is 13.2 Å². The minimum Gasteiger partial charge on any atom is -0.318 e. The summed E-state index contributed by atoms with van der Waals surface area (Å²) >= 11 is 2.90. The number of nitrogens with one attached hydrogen (secondary N) is 1. The van der Waals surface area contributed by atoms with E-state index in [1.165, 1.54) is 0 Å². The Morgan fingerprint density at radius 1 is 1.32 bits per heavy atom. The average molecular weight is 379 g/mol. The molecule has 116 valence electrons. The number of carbonyl (C=O) groups is 3. The number of benzene rings is 1. The van der Waals surface area contributed by atoms with Crippen molar-refractivity contribution < 1.29 is 32.4 Å². The van der Waals surface area contributed by atoms with Gasteiger partial charge < -0.3 is 10.2 Å². The van der Waals surface area contributed by atoms with Crippen molar-refractivity contribution in [1.29, 1.82) is 0 Å². The number of rotatable bonds is 1. The molecular weight excluding hydrogens is 373 g/mol. The average Bonchev–Trinajstić information content (AvgIpc) is 2.38. The van der Waals surface area contributed by atoms with Crippen LogP contribution in [-0.2, 0) is 25.4 Å². The smallest absolute Gasteiger partial charge is 0.318 e. The van der Waals surface area contributed by atoms with E-state index in [2.05, 4.69) is 25.9 Å². The number of carbonyl (C=O) groups excluding carboxylic acids is 3. The normalized spacial score (nSPS) is 16.3. The van der Waals surface area contributed by atoms with Crippen molar-refractivity contribution >= 4 is 45.0 Å². The maximum atomic E-state index is 12.8. The number of nitrogens with zero attached hydrogens (tertiary/aromatic N) is 1. The van der Waals surface area contributed by atoms with Gasteiger partial charge in [0.1, 0.15) is 0 Å². The Bertz CT molecular complexity index is 728. The lowest BCUT2D eigenvalue weighted by molar-refractivity contribution is -0.141. The fraction of sp³-hybridized carbons (Fsp3) is 0.167. The monoisotopic (exact) mass is 378 g/mol.